The second-order valence-corrected chi connectivity index (χ2v) is 6.75. The van der Waals surface area contributed by atoms with E-state index >= 15 is 0 Å². The molecule has 1 fully saturated rings. The summed E-state index contributed by atoms with van der Waals surface area (Å²) in [5.74, 6) is 0.908. The minimum Gasteiger partial charge on any atom is -0.373 e. The Morgan fingerprint density at radius 1 is 1.16 bits per heavy atom. The summed E-state index contributed by atoms with van der Waals surface area (Å²) in [4.78, 5) is 22.9. The topological polar surface area (TPSA) is 58.1 Å². The summed E-state index contributed by atoms with van der Waals surface area (Å²) in [6, 6.07) is 7.97. The predicted molar refractivity (Wildman–Crippen MR) is 101 cm³/mol. The van der Waals surface area contributed by atoms with E-state index in [2.05, 4.69) is 27.2 Å². The lowest BCUT2D eigenvalue weighted by atomic mass is 9.89. The van der Waals surface area contributed by atoms with Gasteiger partial charge in [0.1, 0.15) is 5.82 Å². The van der Waals surface area contributed by atoms with Crippen LogP contribution in [0.3, 0.4) is 0 Å². The molecular weight excluding hydrogens is 312 g/mol. The maximum absolute atomic E-state index is 12.3. The van der Waals surface area contributed by atoms with Crippen molar-refractivity contribution in [1.82, 2.24) is 9.97 Å². The first-order chi connectivity index (χ1) is 12.2. The van der Waals surface area contributed by atoms with Crippen LogP contribution in [0.25, 0.3) is 0 Å². The number of likely N-dealkylation sites (N-methyl/N-ethyl adjacent to an activating group) is 1. The smallest absolute Gasteiger partial charge is 0.228 e. The number of aromatic nitrogens is 2. The average Bonchev–Trinajstić information content (AvgIpc) is 2.68. The number of rotatable bonds is 6. The lowest BCUT2D eigenvalue weighted by Crippen LogP contribution is -2.25. The highest BCUT2D eigenvalue weighted by atomic mass is 16.1. The Morgan fingerprint density at radius 2 is 1.92 bits per heavy atom. The molecule has 1 N–H and O–H groups in total. The number of nitrogens with zero attached hydrogens (tertiary/aromatic N) is 3. The predicted octanol–water partition coefficient (Wildman–Crippen LogP) is 3.67. The number of carbonyl (C=O) groups is 1. The van der Waals surface area contributed by atoms with Crippen LogP contribution in [0.2, 0.25) is 0 Å². The first-order valence-corrected chi connectivity index (χ1v) is 9.09. The molecular formula is C20H26N4O. The fraction of sp³-hybridized carbons (Fsp3) is 0.450. The molecule has 1 amide bonds. The molecule has 132 valence electrons. The normalized spacial score (nSPS) is 14.9. The number of anilines is 2. The van der Waals surface area contributed by atoms with Gasteiger partial charge in [0.2, 0.25) is 5.91 Å². The van der Waals surface area contributed by atoms with Crippen LogP contribution in [0, 0.1) is 5.92 Å². The van der Waals surface area contributed by atoms with Crippen LogP contribution in [0.5, 0.6) is 0 Å². The molecule has 2 aromatic rings. The lowest BCUT2D eigenvalue weighted by molar-refractivity contribution is -0.120. The van der Waals surface area contributed by atoms with E-state index in [1.54, 1.807) is 0 Å². The van der Waals surface area contributed by atoms with Crippen molar-refractivity contribution >= 4 is 17.4 Å². The zero-order chi connectivity index (χ0) is 17.5. The quantitative estimate of drug-likeness (QED) is 0.873. The van der Waals surface area contributed by atoms with Gasteiger partial charge in [-0.3, -0.25) is 9.78 Å². The monoisotopic (exact) mass is 338 g/mol. The highest BCUT2D eigenvalue weighted by molar-refractivity contribution is 5.91. The molecule has 5 heteroatoms. The van der Waals surface area contributed by atoms with Crippen molar-refractivity contribution in [2.45, 2.75) is 38.5 Å². The highest BCUT2D eigenvalue weighted by Crippen LogP contribution is 2.25. The summed E-state index contributed by atoms with van der Waals surface area (Å²) in [7, 11) is 2.05. The van der Waals surface area contributed by atoms with E-state index < -0.39 is 0 Å². The van der Waals surface area contributed by atoms with E-state index in [0.717, 1.165) is 44.3 Å². The van der Waals surface area contributed by atoms with Gasteiger partial charge >= 0.3 is 0 Å². The fourth-order valence-electron chi connectivity index (χ4n) is 3.25. The summed E-state index contributed by atoms with van der Waals surface area (Å²) < 4.78 is 0. The second kappa shape index (κ2) is 8.60. The Morgan fingerprint density at radius 3 is 2.60 bits per heavy atom. The number of pyridine rings is 2. The number of carbonyl (C=O) groups excluding carboxylic acids is 1. The van der Waals surface area contributed by atoms with E-state index in [1.165, 1.54) is 12.0 Å². The molecule has 1 aliphatic rings. The Balaban J connectivity index is 1.51. The van der Waals surface area contributed by atoms with Crippen LogP contribution >= 0.6 is 0 Å². The fourth-order valence-corrected chi connectivity index (χ4v) is 3.25. The van der Waals surface area contributed by atoms with Crippen molar-refractivity contribution in [2.75, 3.05) is 23.8 Å². The SMILES string of the molecule is CN(CCc1ccncc1)c1ccc(NC(=O)C2CCCCC2)nc1. The van der Waals surface area contributed by atoms with Crippen LogP contribution in [0.4, 0.5) is 11.5 Å². The van der Waals surface area contributed by atoms with Crippen molar-refractivity contribution in [3.8, 4) is 0 Å². The van der Waals surface area contributed by atoms with Gasteiger partial charge in [-0.15, -0.1) is 0 Å². The third kappa shape index (κ3) is 5.02. The number of hydrogen-bond donors (Lipinski definition) is 1. The molecule has 5 nitrogen and oxygen atoms in total. The third-order valence-electron chi connectivity index (χ3n) is 4.90. The van der Waals surface area contributed by atoms with Gasteiger partial charge in [0.05, 0.1) is 11.9 Å². The molecule has 25 heavy (non-hydrogen) atoms. The first-order valence-electron chi connectivity index (χ1n) is 9.09. The Hall–Kier alpha value is -2.43. The molecule has 0 atom stereocenters. The van der Waals surface area contributed by atoms with E-state index in [0.29, 0.717) is 5.82 Å². The number of hydrogen-bond acceptors (Lipinski definition) is 4. The molecule has 0 bridgehead atoms. The zero-order valence-electron chi connectivity index (χ0n) is 14.8. The lowest BCUT2D eigenvalue weighted by Gasteiger charge is -2.21. The molecule has 0 aromatic carbocycles. The van der Waals surface area contributed by atoms with E-state index in [-0.39, 0.29) is 11.8 Å². The van der Waals surface area contributed by atoms with Crippen LogP contribution in [-0.4, -0.2) is 29.5 Å². The van der Waals surface area contributed by atoms with E-state index in [9.17, 15) is 4.79 Å². The van der Waals surface area contributed by atoms with E-state index in [4.69, 9.17) is 0 Å². The molecule has 0 unspecified atom stereocenters. The Bertz CT molecular complexity index is 666. The van der Waals surface area contributed by atoms with Crippen molar-refractivity contribution in [1.29, 1.82) is 0 Å². The minimum absolute atomic E-state index is 0.117. The number of amides is 1. The van der Waals surface area contributed by atoms with Gasteiger partial charge in [0.25, 0.3) is 0 Å². The maximum atomic E-state index is 12.3. The molecule has 3 rings (SSSR count). The third-order valence-corrected chi connectivity index (χ3v) is 4.90. The molecule has 0 saturated heterocycles. The first kappa shape index (κ1) is 17.4. The van der Waals surface area contributed by atoms with Gasteiger partial charge in [-0.2, -0.15) is 0 Å². The largest absolute Gasteiger partial charge is 0.373 e. The molecule has 2 heterocycles. The van der Waals surface area contributed by atoms with Gasteiger partial charge in [-0.1, -0.05) is 19.3 Å². The van der Waals surface area contributed by atoms with Gasteiger partial charge < -0.3 is 10.2 Å². The summed E-state index contributed by atoms with van der Waals surface area (Å²) in [5.41, 5.74) is 2.32. The van der Waals surface area contributed by atoms with Gasteiger partial charge in [0.15, 0.2) is 0 Å². The average molecular weight is 338 g/mol. The molecule has 0 aliphatic heterocycles. The molecule has 2 aromatic heterocycles. The maximum Gasteiger partial charge on any atom is 0.228 e. The molecule has 0 spiro atoms. The van der Waals surface area contributed by atoms with Gasteiger partial charge in [-0.25, -0.2) is 4.98 Å². The van der Waals surface area contributed by atoms with Crippen LogP contribution in [-0.2, 0) is 11.2 Å². The highest BCUT2D eigenvalue weighted by Gasteiger charge is 2.21. The summed E-state index contributed by atoms with van der Waals surface area (Å²) in [6.45, 7) is 0.902. The van der Waals surface area contributed by atoms with Crippen LogP contribution < -0.4 is 10.2 Å². The van der Waals surface area contributed by atoms with Gasteiger partial charge in [0, 0.05) is 31.9 Å². The van der Waals surface area contributed by atoms with Crippen LogP contribution in [0.1, 0.15) is 37.7 Å². The summed E-state index contributed by atoms with van der Waals surface area (Å²) in [5, 5.41) is 2.96. The van der Waals surface area contributed by atoms with Crippen LogP contribution in [0.15, 0.2) is 42.9 Å². The van der Waals surface area contributed by atoms with Gasteiger partial charge in [-0.05, 0) is 49.1 Å². The summed E-state index contributed by atoms with van der Waals surface area (Å²) >= 11 is 0. The van der Waals surface area contributed by atoms with E-state index in [1.807, 2.05) is 42.9 Å². The van der Waals surface area contributed by atoms with Crippen molar-refractivity contribution in [3.05, 3.63) is 48.4 Å². The Labute approximate surface area is 149 Å². The van der Waals surface area contributed by atoms with Crippen molar-refractivity contribution < 1.29 is 4.79 Å². The Kier molecular flexibility index (Phi) is 5.99. The van der Waals surface area contributed by atoms with Crippen molar-refractivity contribution in [3.63, 3.8) is 0 Å². The second-order valence-electron chi connectivity index (χ2n) is 6.75. The standard InChI is InChI=1S/C20H26N4O/c1-24(14-11-16-9-12-21-13-10-16)18-7-8-19(22-15-18)23-20(25)17-5-3-2-4-6-17/h7-10,12-13,15,17H,2-6,11,14H2,1H3,(H,22,23,25). The number of nitrogens with one attached hydrogen (secondary N) is 1. The summed E-state index contributed by atoms with van der Waals surface area (Å²) in [6.07, 6.45) is 12.0. The minimum atomic E-state index is 0.117. The zero-order valence-corrected chi connectivity index (χ0v) is 14.8. The van der Waals surface area contributed by atoms with Crippen molar-refractivity contribution in [2.24, 2.45) is 5.92 Å². The molecule has 1 aliphatic carbocycles. The molecule has 1 saturated carbocycles. The molecule has 0 radical (unpaired) electrons.